The summed E-state index contributed by atoms with van der Waals surface area (Å²) in [6, 6.07) is 4.96. The van der Waals surface area contributed by atoms with Gasteiger partial charge in [0.1, 0.15) is 5.69 Å². The van der Waals surface area contributed by atoms with Crippen molar-refractivity contribution in [3.63, 3.8) is 0 Å². The van der Waals surface area contributed by atoms with Crippen LogP contribution in [0.2, 0.25) is 10.0 Å². The summed E-state index contributed by atoms with van der Waals surface area (Å²) in [6.07, 6.45) is -7.07. The van der Waals surface area contributed by atoms with Crippen LogP contribution < -0.4 is 16.4 Å². The van der Waals surface area contributed by atoms with Crippen LogP contribution in [0.1, 0.15) is 0 Å². The molecule has 0 aliphatic rings. The first-order valence-corrected chi connectivity index (χ1v) is 8.09. The van der Waals surface area contributed by atoms with Crippen LogP contribution in [0.25, 0.3) is 11.3 Å². The van der Waals surface area contributed by atoms with Gasteiger partial charge in [-0.25, -0.2) is 0 Å². The van der Waals surface area contributed by atoms with E-state index in [4.69, 9.17) is 34.0 Å². The molecular formula is C14H15Cl2F3N6O. The van der Waals surface area contributed by atoms with E-state index in [2.05, 4.69) is 25.8 Å². The number of hydrogen-bond acceptors (Lipinski definition) is 7. The SMILES string of the molecule is Nc1nc(NCCNC[C@@H](O)C(F)(F)F)nnc1-c1cccc(Cl)c1Cl. The molecule has 142 valence electrons. The average Bonchev–Trinajstić information content (AvgIpc) is 2.56. The number of alkyl halides is 3. The predicted molar refractivity (Wildman–Crippen MR) is 93.1 cm³/mol. The van der Waals surface area contributed by atoms with E-state index in [-0.39, 0.29) is 35.6 Å². The van der Waals surface area contributed by atoms with E-state index in [0.717, 1.165) is 0 Å². The van der Waals surface area contributed by atoms with Gasteiger partial charge in [-0.2, -0.15) is 18.2 Å². The average molecular weight is 411 g/mol. The molecule has 5 N–H and O–H groups in total. The maximum absolute atomic E-state index is 12.1. The van der Waals surface area contributed by atoms with Crippen LogP contribution in [0.3, 0.4) is 0 Å². The number of halogens is 5. The van der Waals surface area contributed by atoms with E-state index >= 15 is 0 Å². The molecule has 0 unspecified atom stereocenters. The van der Waals surface area contributed by atoms with Crippen molar-refractivity contribution < 1.29 is 18.3 Å². The Morgan fingerprint density at radius 2 is 1.92 bits per heavy atom. The van der Waals surface area contributed by atoms with Crippen molar-refractivity contribution in [2.75, 3.05) is 30.7 Å². The Labute approximate surface area is 156 Å². The van der Waals surface area contributed by atoms with Gasteiger partial charge in [-0.3, -0.25) is 0 Å². The highest BCUT2D eigenvalue weighted by atomic mass is 35.5. The second-order valence-corrected chi connectivity index (χ2v) is 5.94. The first kappa shape index (κ1) is 20.4. The summed E-state index contributed by atoms with van der Waals surface area (Å²) in [5, 5.41) is 22.5. The van der Waals surface area contributed by atoms with Crippen molar-refractivity contribution >= 4 is 35.0 Å². The zero-order valence-corrected chi connectivity index (χ0v) is 14.7. The first-order chi connectivity index (χ1) is 12.2. The minimum Gasteiger partial charge on any atom is -0.382 e. The maximum atomic E-state index is 12.1. The molecular weight excluding hydrogens is 396 g/mol. The van der Waals surface area contributed by atoms with Gasteiger partial charge < -0.3 is 21.5 Å². The normalized spacial score (nSPS) is 12.8. The number of benzene rings is 1. The zero-order valence-electron chi connectivity index (χ0n) is 13.2. The first-order valence-electron chi connectivity index (χ1n) is 7.34. The summed E-state index contributed by atoms with van der Waals surface area (Å²) in [5.74, 6) is 0.162. The molecule has 0 bridgehead atoms. The van der Waals surface area contributed by atoms with E-state index in [1.807, 2.05) is 0 Å². The molecule has 1 aromatic carbocycles. The molecule has 0 fully saturated rings. The monoisotopic (exact) mass is 410 g/mol. The highest BCUT2D eigenvalue weighted by Crippen LogP contribution is 2.34. The number of aliphatic hydroxyl groups excluding tert-OH is 1. The number of hydrogen-bond donors (Lipinski definition) is 4. The Kier molecular flexibility index (Phi) is 6.81. The largest absolute Gasteiger partial charge is 0.415 e. The lowest BCUT2D eigenvalue weighted by Crippen LogP contribution is -2.39. The van der Waals surface area contributed by atoms with Crippen molar-refractivity contribution in [3.05, 3.63) is 28.2 Å². The van der Waals surface area contributed by atoms with Crippen molar-refractivity contribution in [2.24, 2.45) is 0 Å². The predicted octanol–water partition coefficient (Wildman–Crippen LogP) is 2.35. The lowest BCUT2D eigenvalue weighted by atomic mass is 10.1. The van der Waals surface area contributed by atoms with Crippen LogP contribution in [0.5, 0.6) is 0 Å². The number of nitrogens with two attached hydrogens (primary N) is 1. The van der Waals surface area contributed by atoms with Gasteiger partial charge in [0.2, 0.25) is 5.95 Å². The molecule has 0 aliphatic heterocycles. The summed E-state index contributed by atoms with van der Waals surface area (Å²) >= 11 is 12.1. The summed E-state index contributed by atoms with van der Waals surface area (Å²) < 4.78 is 36.4. The van der Waals surface area contributed by atoms with Crippen molar-refractivity contribution in [2.45, 2.75) is 12.3 Å². The number of nitrogen functional groups attached to an aromatic ring is 1. The number of aliphatic hydroxyl groups is 1. The number of nitrogens with one attached hydrogen (secondary N) is 2. The molecule has 1 heterocycles. The lowest BCUT2D eigenvalue weighted by Gasteiger charge is -2.15. The van der Waals surface area contributed by atoms with Crippen LogP contribution in [-0.4, -0.2) is 52.2 Å². The fourth-order valence-electron chi connectivity index (χ4n) is 1.91. The van der Waals surface area contributed by atoms with Gasteiger partial charge in [0.05, 0.1) is 10.0 Å². The van der Waals surface area contributed by atoms with Crippen LogP contribution >= 0.6 is 23.2 Å². The summed E-state index contributed by atoms with van der Waals surface area (Å²) in [6.45, 7) is -0.278. The molecule has 1 atom stereocenters. The molecule has 0 spiro atoms. The van der Waals surface area contributed by atoms with E-state index in [0.29, 0.717) is 10.6 Å². The highest BCUT2D eigenvalue weighted by Gasteiger charge is 2.37. The fourth-order valence-corrected chi connectivity index (χ4v) is 2.30. The molecule has 2 aromatic rings. The Morgan fingerprint density at radius 3 is 2.58 bits per heavy atom. The number of aromatic nitrogens is 3. The number of rotatable bonds is 7. The Bertz CT molecular complexity index is 762. The quantitative estimate of drug-likeness (QED) is 0.518. The van der Waals surface area contributed by atoms with Gasteiger partial charge in [0.25, 0.3) is 0 Å². The van der Waals surface area contributed by atoms with Gasteiger partial charge in [-0.05, 0) is 6.07 Å². The summed E-state index contributed by atoms with van der Waals surface area (Å²) in [7, 11) is 0. The highest BCUT2D eigenvalue weighted by molar-refractivity contribution is 6.43. The van der Waals surface area contributed by atoms with Crippen LogP contribution in [0, 0.1) is 0 Å². The van der Waals surface area contributed by atoms with Crippen LogP contribution in [-0.2, 0) is 0 Å². The Balaban J connectivity index is 1.91. The Hall–Kier alpha value is -1.88. The smallest absolute Gasteiger partial charge is 0.382 e. The molecule has 1 aromatic heterocycles. The molecule has 0 amide bonds. The lowest BCUT2D eigenvalue weighted by molar-refractivity contribution is -0.201. The van der Waals surface area contributed by atoms with E-state index in [1.165, 1.54) is 0 Å². The van der Waals surface area contributed by atoms with Crippen molar-refractivity contribution in [1.82, 2.24) is 20.5 Å². The topological polar surface area (TPSA) is 109 Å². The maximum Gasteiger partial charge on any atom is 0.415 e. The van der Waals surface area contributed by atoms with Gasteiger partial charge in [0, 0.05) is 25.2 Å². The molecule has 0 saturated heterocycles. The minimum atomic E-state index is -4.65. The number of anilines is 2. The Morgan fingerprint density at radius 1 is 1.19 bits per heavy atom. The molecule has 0 radical (unpaired) electrons. The zero-order chi connectivity index (χ0) is 19.3. The fraction of sp³-hybridized carbons (Fsp3) is 0.357. The van der Waals surface area contributed by atoms with Crippen LogP contribution in [0.4, 0.5) is 24.9 Å². The standard InChI is InChI=1S/C14H15Cl2F3N6O/c15-8-3-1-2-7(10(8)16)11-12(20)23-13(25-24-11)22-5-4-21-6-9(26)14(17,18)19/h1-3,9,21,26H,4-6H2,(H3,20,22,23,25)/t9-/m1/s1. The number of nitrogens with zero attached hydrogens (tertiary/aromatic N) is 3. The minimum absolute atomic E-state index is 0.0621. The van der Waals surface area contributed by atoms with Gasteiger partial charge in [-0.15, -0.1) is 10.2 Å². The van der Waals surface area contributed by atoms with Crippen LogP contribution in [0.15, 0.2) is 18.2 Å². The van der Waals surface area contributed by atoms with E-state index in [9.17, 15) is 13.2 Å². The van der Waals surface area contributed by atoms with E-state index < -0.39 is 18.8 Å². The van der Waals surface area contributed by atoms with Gasteiger partial charge >= 0.3 is 6.18 Å². The van der Waals surface area contributed by atoms with E-state index in [1.54, 1.807) is 18.2 Å². The third kappa shape index (κ3) is 5.31. The third-order valence-corrected chi connectivity index (χ3v) is 4.04. The second kappa shape index (κ2) is 8.67. The van der Waals surface area contributed by atoms with Crippen molar-refractivity contribution in [3.8, 4) is 11.3 Å². The van der Waals surface area contributed by atoms with Crippen molar-refractivity contribution in [1.29, 1.82) is 0 Å². The molecule has 0 saturated carbocycles. The molecule has 2 rings (SSSR count). The molecule has 26 heavy (non-hydrogen) atoms. The molecule has 7 nitrogen and oxygen atoms in total. The third-order valence-electron chi connectivity index (χ3n) is 3.22. The summed E-state index contributed by atoms with van der Waals surface area (Å²) in [4.78, 5) is 4.03. The van der Waals surface area contributed by atoms with Gasteiger partial charge in [0.15, 0.2) is 11.9 Å². The summed E-state index contributed by atoms with van der Waals surface area (Å²) in [5.41, 5.74) is 6.60. The van der Waals surface area contributed by atoms with Gasteiger partial charge in [-0.1, -0.05) is 35.3 Å². The molecule has 0 aliphatic carbocycles. The molecule has 12 heteroatoms. The second-order valence-electron chi connectivity index (χ2n) is 5.16.